The van der Waals surface area contributed by atoms with Gasteiger partial charge in [-0.3, -0.25) is 0 Å². The number of nitrogen functional groups attached to an aromatic ring is 1. The highest BCUT2D eigenvalue weighted by Gasteiger charge is 2.26. The maximum atomic E-state index is 12.3. The first-order valence-electron chi connectivity index (χ1n) is 6.47. The summed E-state index contributed by atoms with van der Waals surface area (Å²) in [5.74, 6) is 6.14. The molecular weight excluding hydrogens is 264 g/mol. The summed E-state index contributed by atoms with van der Waals surface area (Å²) < 4.78 is 27.4. The van der Waals surface area contributed by atoms with Crippen LogP contribution in [-0.2, 0) is 10.0 Å². The van der Waals surface area contributed by atoms with Gasteiger partial charge in [0.15, 0.2) is 5.82 Å². The standard InChI is InChI=1S/C12H20N4O2S/c1-9-4-6-10(7-5-9)16-19(17,18)11-3-2-8-14-12(11)15-13/h2-3,8-10,16H,4-7,13H2,1H3,(H,14,15). The molecule has 19 heavy (non-hydrogen) atoms. The smallest absolute Gasteiger partial charge is 0.244 e. The number of nitrogens with two attached hydrogens (primary N) is 1. The minimum absolute atomic E-state index is 0.00651. The van der Waals surface area contributed by atoms with Gasteiger partial charge in [0.2, 0.25) is 10.0 Å². The highest BCUT2D eigenvalue weighted by Crippen LogP contribution is 2.25. The fourth-order valence-electron chi connectivity index (χ4n) is 2.38. The van der Waals surface area contributed by atoms with Gasteiger partial charge in [0.1, 0.15) is 4.90 Å². The first-order valence-corrected chi connectivity index (χ1v) is 7.95. The second-order valence-electron chi connectivity index (χ2n) is 5.07. The molecule has 1 aromatic rings. The summed E-state index contributed by atoms with van der Waals surface area (Å²) >= 11 is 0. The number of anilines is 1. The Hall–Kier alpha value is -1.18. The van der Waals surface area contributed by atoms with Crippen molar-refractivity contribution < 1.29 is 8.42 Å². The van der Waals surface area contributed by atoms with Crippen LogP contribution in [0.15, 0.2) is 23.2 Å². The lowest BCUT2D eigenvalue weighted by Gasteiger charge is -2.26. The van der Waals surface area contributed by atoms with Crippen LogP contribution < -0.4 is 16.0 Å². The third kappa shape index (κ3) is 3.43. The van der Waals surface area contributed by atoms with Gasteiger partial charge in [0.25, 0.3) is 0 Å². The van der Waals surface area contributed by atoms with Gasteiger partial charge in [0, 0.05) is 12.2 Å². The predicted octanol–water partition coefficient (Wildman–Crippen LogP) is 1.22. The second-order valence-corrected chi connectivity index (χ2v) is 6.75. The molecule has 1 aliphatic rings. The van der Waals surface area contributed by atoms with E-state index in [9.17, 15) is 8.42 Å². The van der Waals surface area contributed by atoms with E-state index in [4.69, 9.17) is 5.84 Å². The first kappa shape index (κ1) is 14.2. The molecule has 106 valence electrons. The van der Waals surface area contributed by atoms with Crippen LogP contribution in [0.5, 0.6) is 0 Å². The molecule has 7 heteroatoms. The molecule has 1 fully saturated rings. The quantitative estimate of drug-likeness (QED) is 0.570. The molecule has 0 aromatic carbocycles. The summed E-state index contributed by atoms with van der Waals surface area (Å²) in [7, 11) is -3.58. The highest BCUT2D eigenvalue weighted by molar-refractivity contribution is 7.89. The van der Waals surface area contributed by atoms with E-state index < -0.39 is 10.0 Å². The number of nitrogens with zero attached hydrogens (tertiary/aromatic N) is 1. The van der Waals surface area contributed by atoms with Crippen LogP contribution in [0.3, 0.4) is 0 Å². The van der Waals surface area contributed by atoms with Crippen molar-refractivity contribution in [1.29, 1.82) is 0 Å². The van der Waals surface area contributed by atoms with Gasteiger partial charge in [-0.05, 0) is 43.7 Å². The van der Waals surface area contributed by atoms with E-state index in [-0.39, 0.29) is 16.8 Å². The zero-order chi connectivity index (χ0) is 13.9. The molecule has 2 rings (SSSR count). The van der Waals surface area contributed by atoms with Gasteiger partial charge in [-0.1, -0.05) is 6.92 Å². The lowest BCUT2D eigenvalue weighted by atomic mass is 9.88. The number of nitrogens with one attached hydrogen (secondary N) is 2. The van der Waals surface area contributed by atoms with Crippen molar-refractivity contribution in [2.75, 3.05) is 5.43 Å². The molecule has 1 saturated carbocycles. The van der Waals surface area contributed by atoms with Gasteiger partial charge in [-0.15, -0.1) is 0 Å². The summed E-state index contributed by atoms with van der Waals surface area (Å²) in [6.07, 6.45) is 5.37. The number of rotatable bonds is 4. The van der Waals surface area contributed by atoms with Crippen molar-refractivity contribution in [1.82, 2.24) is 9.71 Å². The fraction of sp³-hybridized carbons (Fsp3) is 0.583. The Bertz CT molecular complexity index is 524. The summed E-state index contributed by atoms with van der Waals surface area (Å²) in [6, 6.07) is 3.08. The molecular formula is C12H20N4O2S. The number of sulfonamides is 1. The molecule has 1 heterocycles. The van der Waals surface area contributed by atoms with E-state index in [1.807, 2.05) is 0 Å². The Morgan fingerprint density at radius 1 is 1.32 bits per heavy atom. The summed E-state index contributed by atoms with van der Waals surface area (Å²) in [6.45, 7) is 2.20. The predicted molar refractivity (Wildman–Crippen MR) is 73.8 cm³/mol. The van der Waals surface area contributed by atoms with E-state index in [2.05, 4.69) is 22.1 Å². The van der Waals surface area contributed by atoms with E-state index >= 15 is 0 Å². The number of hydrazine groups is 1. The van der Waals surface area contributed by atoms with Crippen molar-refractivity contribution >= 4 is 15.8 Å². The van der Waals surface area contributed by atoms with Gasteiger partial charge in [0.05, 0.1) is 0 Å². The Morgan fingerprint density at radius 2 is 2.00 bits per heavy atom. The average molecular weight is 284 g/mol. The summed E-state index contributed by atoms with van der Waals surface area (Å²) in [5, 5.41) is 0. The molecule has 1 aromatic heterocycles. The zero-order valence-electron chi connectivity index (χ0n) is 11.0. The number of hydrogen-bond donors (Lipinski definition) is 3. The van der Waals surface area contributed by atoms with Gasteiger partial charge < -0.3 is 5.43 Å². The zero-order valence-corrected chi connectivity index (χ0v) is 11.8. The van der Waals surface area contributed by atoms with E-state index in [0.717, 1.165) is 25.7 Å². The minimum Gasteiger partial charge on any atom is -0.307 e. The molecule has 0 unspecified atom stereocenters. The fourth-order valence-corrected chi connectivity index (χ4v) is 3.80. The van der Waals surface area contributed by atoms with E-state index in [1.54, 1.807) is 6.07 Å². The normalized spacial score (nSPS) is 24.1. The topological polar surface area (TPSA) is 97.1 Å². The van der Waals surface area contributed by atoms with Crippen molar-refractivity contribution in [3.63, 3.8) is 0 Å². The Balaban J connectivity index is 2.14. The molecule has 0 bridgehead atoms. The Labute approximate surface area is 113 Å². The Kier molecular flexibility index (Phi) is 4.38. The number of hydrogen-bond acceptors (Lipinski definition) is 5. The van der Waals surface area contributed by atoms with Crippen LogP contribution >= 0.6 is 0 Å². The molecule has 0 radical (unpaired) electrons. The van der Waals surface area contributed by atoms with Crippen LogP contribution in [0.4, 0.5) is 5.82 Å². The molecule has 0 saturated heterocycles. The molecule has 6 nitrogen and oxygen atoms in total. The van der Waals surface area contributed by atoms with Gasteiger partial charge in [-0.25, -0.2) is 24.0 Å². The highest BCUT2D eigenvalue weighted by atomic mass is 32.2. The van der Waals surface area contributed by atoms with Gasteiger partial charge in [-0.2, -0.15) is 0 Å². The lowest BCUT2D eigenvalue weighted by molar-refractivity contribution is 0.332. The monoisotopic (exact) mass is 284 g/mol. The minimum atomic E-state index is -3.58. The summed E-state index contributed by atoms with van der Waals surface area (Å²) in [4.78, 5) is 4.01. The van der Waals surface area contributed by atoms with Crippen molar-refractivity contribution in [2.45, 2.75) is 43.5 Å². The third-order valence-corrected chi connectivity index (χ3v) is 5.09. The van der Waals surface area contributed by atoms with Crippen LogP contribution in [0.1, 0.15) is 32.6 Å². The second kappa shape index (κ2) is 5.85. The molecule has 0 atom stereocenters. The van der Waals surface area contributed by atoms with Crippen LogP contribution in [0, 0.1) is 5.92 Å². The molecule has 0 amide bonds. The maximum Gasteiger partial charge on any atom is 0.244 e. The number of pyridine rings is 1. The van der Waals surface area contributed by atoms with Crippen molar-refractivity contribution in [3.8, 4) is 0 Å². The molecule has 0 aliphatic heterocycles. The first-order chi connectivity index (χ1) is 9.03. The van der Waals surface area contributed by atoms with E-state index in [0.29, 0.717) is 5.92 Å². The van der Waals surface area contributed by atoms with Crippen molar-refractivity contribution in [2.24, 2.45) is 11.8 Å². The SMILES string of the molecule is CC1CCC(NS(=O)(=O)c2cccnc2NN)CC1. The van der Waals surface area contributed by atoms with E-state index in [1.165, 1.54) is 12.3 Å². The maximum absolute atomic E-state index is 12.3. The van der Waals surface area contributed by atoms with Crippen LogP contribution in [-0.4, -0.2) is 19.4 Å². The van der Waals surface area contributed by atoms with Gasteiger partial charge >= 0.3 is 0 Å². The summed E-state index contributed by atoms with van der Waals surface area (Å²) in [5.41, 5.74) is 2.32. The lowest BCUT2D eigenvalue weighted by Crippen LogP contribution is -2.37. The largest absolute Gasteiger partial charge is 0.307 e. The van der Waals surface area contributed by atoms with Crippen LogP contribution in [0.2, 0.25) is 0 Å². The number of aromatic nitrogens is 1. The molecule has 4 N–H and O–H groups in total. The molecule has 1 aliphatic carbocycles. The Morgan fingerprint density at radius 3 is 2.63 bits per heavy atom. The molecule has 0 spiro atoms. The van der Waals surface area contributed by atoms with Crippen LogP contribution in [0.25, 0.3) is 0 Å². The third-order valence-electron chi connectivity index (χ3n) is 3.53. The van der Waals surface area contributed by atoms with Crippen molar-refractivity contribution in [3.05, 3.63) is 18.3 Å². The average Bonchev–Trinajstić information content (AvgIpc) is 2.41.